The number of hydrogen-bond donors (Lipinski definition) is 2. The van der Waals surface area contributed by atoms with Crippen LogP contribution in [-0.2, 0) is 0 Å². The Morgan fingerprint density at radius 1 is 1.38 bits per heavy atom. The van der Waals surface area contributed by atoms with E-state index >= 15 is 0 Å². The first kappa shape index (κ1) is 11.7. The molecule has 0 aromatic heterocycles. The molecule has 0 radical (unpaired) electrons. The Kier molecular flexibility index (Phi) is 3.71. The molecule has 2 N–H and O–H groups in total. The van der Waals surface area contributed by atoms with Gasteiger partial charge in [0.25, 0.3) is 0 Å². The highest BCUT2D eigenvalue weighted by Crippen LogP contribution is 2.26. The van der Waals surface area contributed by atoms with Gasteiger partial charge in [0.05, 0.1) is 5.69 Å². The van der Waals surface area contributed by atoms with Crippen LogP contribution in [0.4, 0.5) is 10.1 Å². The van der Waals surface area contributed by atoms with Gasteiger partial charge in [-0.25, -0.2) is 4.39 Å². The summed E-state index contributed by atoms with van der Waals surface area (Å²) in [6.45, 7) is 1.88. The van der Waals surface area contributed by atoms with Crippen LogP contribution in [0.5, 0.6) is 0 Å². The number of nitrogens with zero attached hydrogens (tertiary/aromatic N) is 1. The molecule has 0 spiro atoms. The normalized spacial score (nSPS) is 17.8. The summed E-state index contributed by atoms with van der Waals surface area (Å²) in [5, 5.41) is 0. The molecule has 2 rings (SSSR count). The number of thiol groups is 1. The summed E-state index contributed by atoms with van der Waals surface area (Å²) < 4.78 is 13.7. The van der Waals surface area contributed by atoms with Crippen molar-refractivity contribution in [1.29, 1.82) is 0 Å². The summed E-state index contributed by atoms with van der Waals surface area (Å²) in [5.74, 6) is 0.419. The summed E-state index contributed by atoms with van der Waals surface area (Å²) in [6, 6.07) is 4.99. The zero-order valence-corrected chi connectivity index (χ0v) is 10.1. The maximum atomic E-state index is 13.7. The average Bonchev–Trinajstić information content (AvgIpc) is 2.82. The fourth-order valence-corrected chi connectivity index (χ4v) is 2.28. The minimum atomic E-state index is -0.156. The Bertz CT molecular complexity index is 364. The van der Waals surface area contributed by atoms with Gasteiger partial charge in [-0.3, -0.25) is 0 Å². The van der Waals surface area contributed by atoms with E-state index in [0.717, 1.165) is 31.5 Å². The van der Waals surface area contributed by atoms with E-state index in [-0.39, 0.29) is 11.9 Å². The van der Waals surface area contributed by atoms with Crippen molar-refractivity contribution in [2.75, 3.05) is 23.7 Å². The highest BCUT2D eigenvalue weighted by atomic mass is 32.1. The third kappa shape index (κ3) is 2.33. The monoisotopic (exact) mass is 240 g/mol. The van der Waals surface area contributed by atoms with Gasteiger partial charge in [0.2, 0.25) is 0 Å². The summed E-state index contributed by atoms with van der Waals surface area (Å²) in [4.78, 5) is 2.09. The van der Waals surface area contributed by atoms with E-state index in [4.69, 9.17) is 5.73 Å². The molecule has 0 bridgehead atoms. The summed E-state index contributed by atoms with van der Waals surface area (Å²) >= 11 is 4.16. The van der Waals surface area contributed by atoms with Crippen LogP contribution in [0.3, 0.4) is 0 Å². The molecule has 1 aromatic carbocycles. The number of rotatable bonds is 3. The first-order valence-electron chi connectivity index (χ1n) is 5.63. The maximum absolute atomic E-state index is 13.7. The van der Waals surface area contributed by atoms with Gasteiger partial charge in [-0.05, 0) is 30.5 Å². The first-order chi connectivity index (χ1) is 7.72. The van der Waals surface area contributed by atoms with Gasteiger partial charge in [-0.1, -0.05) is 6.07 Å². The van der Waals surface area contributed by atoms with Crippen LogP contribution in [-0.4, -0.2) is 18.8 Å². The van der Waals surface area contributed by atoms with E-state index in [1.54, 1.807) is 6.07 Å². The zero-order valence-electron chi connectivity index (χ0n) is 9.19. The van der Waals surface area contributed by atoms with Crippen molar-refractivity contribution in [1.82, 2.24) is 0 Å². The van der Waals surface area contributed by atoms with E-state index in [0.29, 0.717) is 11.4 Å². The quantitative estimate of drug-likeness (QED) is 0.794. The molecule has 1 aliphatic rings. The van der Waals surface area contributed by atoms with Gasteiger partial charge in [0.15, 0.2) is 0 Å². The lowest BCUT2D eigenvalue weighted by molar-refractivity contribution is 0.621. The smallest absolute Gasteiger partial charge is 0.146 e. The van der Waals surface area contributed by atoms with E-state index in [2.05, 4.69) is 17.5 Å². The SMILES string of the molecule is NC(CS)c1ccc(F)c(N2CCCC2)c1. The summed E-state index contributed by atoms with van der Waals surface area (Å²) in [6.07, 6.45) is 2.28. The molecule has 0 aliphatic carbocycles. The van der Waals surface area contributed by atoms with Crippen LogP contribution >= 0.6 is 12.6 Å². The van der Waals surface area contributed by atoms with Gasteiger partial charge < -0.3 is 10.6 Å². The van der Waals surface area contributed by atoms with E-state index < -0.39 is 0 Å². The van der Waals surface area contributed by atoms with Crippen molar-refractivity contribution in [2.24, 2.45) is 5.73 Å². The molecule has 1 fully saturated rings. The minimum Gasteiger partial charge on any atom is -0.369 e. The van der Waals surface area contributed by atoms with Crippen LogP contribution < -0.4 is 10.6 Å². The van der Waals surface area contributed by atoms with Crippen molar-refractivity contribution >= 4 is 18.3 Å². The van der Waals surface area contributed by atoms with Crippen molar-refractivity contribution < 1.29 is 4.39 Å². The molecule has 4 heteroatoms. The predicted molar refractivity (Wildman–Crippen MR) is 68.6 cm³/mol. The average molecular weight is 240 g/mol. The standard InChI is InChI=1S/C12H17FN2S/c13-10-4-3-9(11(14)8-16)7-12(10)15-5-1-2-6-15/h3-4,7,11,16H,1-2,5-6,8,14H2. The highest BCUT2D eigenvalue weighted by Gasteiger charge is 2.17. The van der Waals surface area contributed by atoms with Gasteiger partial charge in [-0.2, -0.15) is 12.6 Å². The Morgan fingerprint density at radius 2 is 2.06 bits per heavy atom. The van der Waals surface area contributed by atoms with Crippen molar-refractivity contribution in [3.05, 3.63) is 29.6 Å². The third-order valence-electron chi connectivity index (χ3n) is 3.04. The van der Waals surface area contributed by atoms with E-state index in [9.17, 15) is 4.39 Å². The Morgan fingerprint density at radius 3 is 2.69 bits per heavy atom. The molecule has 88 valence electrons. The molecule has 1 unspecified atom stereocenters. The van der Waals surface area contributed by atoms with Gasteiger partial charge in [0.1, 0.15) is 5.82 Å². The van der Waals surface area contributed by atoms with Crippen LogP contribution in [0.1, 0.15) is 24.4 Å². The van der Waals surface area contributed by atoms with E-state index in [1.165, 1.54) is 6.07 Å². The molecular formula is C12H17FN2S. The molecule has 1 heterocycles. The highest BCUT2D eigenvalue weighted by molar-refractivity contribution is 7.80. The molecule has 0 amide bonds. The third-order valence-corrected chi connectivity index (χ3v) is 3.44. The summed E-state index contributed by atoms with van der Waals surface area (Å²) in [7, 11) is 0. The number of halogens is 1. The largest absolute Gasteiger partial charge is 0.369 e. The molecule has 1 atom stereocenters. The molecule has 1 saturated heterocycles. The van der Waals surface area contributed by atoms with Crippen LogP contribution in [0, 0.1) is 5.82 Å². The molecule has 1 aliphatic heterocycles. The molecule has 1 aromatic rings. The van der Waals surface area contributed by atoms with Crippen LogP contribution in [0.25, 0.3) is 0 Å². The number of anilines is 1. The zero-order chi connectivity index (χ0) is 11.5. The fourth-order valence-electron chi connectivity index (χ4n) is 2.07. The van der Waals surface area contributed by atoms with Gasteiger partial charge in [0, 0.05) is 24.9 Å². The Hall–Kier alpha value is -0.740. The van der Waals surface area contributed by atoms with Crippen molar-refractivity contribution in [2.45, 2.75) is 18.9 Å². The molecule has 2 nitrogen and oxygen atoms in total. The second kappa shape index (κ2) is 5.06. The molecule has 0 saturated carbocycles. The summed E-state index contributed by atoms with van der Waals surface area (Å²) in [5.41, 5.74) is 7.54. The number of nitrogens with two attached hydrogens (primary N) is 1. The predicted octanol–water partition coefficient (Wildman–Crippen LogP) is 2.36. The van der Waals surface area contributed by atoms with Gasteiger partial charge in [-0.15, -0.1) is 0 Å². The number of hydrogen-bond acceptors (Lipinski definition) is 3. The fraction of sp³-hybridized carbons (Fsp3) is 0.500. The number of benzene rings is 1. The van der Waals surface area contributed by atoms with Gasteiger partial charge >= 0.3 is 0 Å². The maximum Gasteiger partial charge on any atom is 0.146 e. The second-order valence-electron chi connectivity index (χ2n) is 4.19. The van der Waals surface area contributed by atoms with Crippen LogP contribution in [0.15, 0.2) is 18.2 Å². The Labute approximate surface area is 101 Å². The van der Waals surface area contributed by atoms with Crippen LogP contribution in [0.2, 0.25) is 0 Å². The lowest BCUT2D eigenvalue weighted by Crippen LogP contribution is -2.20. The topological polar surface area (TPSA) is 29.3 Å². The first-order valence-corrected chi connectivity index (χ1v) is 6.26. The van der Waals surface area contributed by atoms with Crippen molar-refractivity contribution in [3.8, 4) is 0 Å². The lowest BCUT2D eigenvalue weighted by Gasteiger charge is -2.20. The van der Waals surface area contributed by atoms with E-state index in [1.807, 2.05) is 6.07 Å². The second-order valence-corrected chi connectivity index (χ2v) is 4.56. The minimum absolute atomic E-state index is 0.120. The molecule has 16 heavy (non-hydrogen) atoms. The lowest BCUT2D eigenvalue weighted by atomic mass is 10.1. The Balaban J connectivity index is 2.28. The van der Waals surface area contributed by atoms with Crippen molar-refractivity contribution in [3.63, 3.8) is 0 Å². The molecular weight excluding hydrogens is 223 g/mol.